The monoisotopic (exact) mass is 319 g/mol. The van der Waals surface area contributed by atoms with E-state index in [9.17, 15) is 22.0 Å². The second-order valence-corrected chi connectivity index (χ2v) is 7.16. The molecule has 1 saturated heterocycles. The lowest BCUT2D eigenvalue weighted by atomic mass is 10.1. The van der Waals surface area contributed by atoms with Gasteiger partial charge >= 0.3 is 5.97 Å². The summed E-state index contributed by atoms with van der Waals surface area (Å²) in [5, 5.41) is 8.81. The number of carboxylic acids is 1. The Morgan fingerprint density at radius 3 is 2.43 bits per heavy atom. The lowest BCUT2D eigenvalue weighted by Gasteiger charge is -2.21. The highest BCUT2D eigenvalue weighted by Gasteiger charge is 2.38. The van der Waals surface area contributed by atoms with Crippen molar-refractivity contribution in [3.8, 4) is 0 Å². The normalized spacial score (nSPS) is 23.4. The summed E-state index contributed by atoms with van der Waals surface area (Å²) in [5.41, 5.74) is -1.25. The number of benzene rings is 1. The Labute approximate surface area is 121 Å². The number of rotatable bonds is 3. The predicted octanol–water partition coefficient (Wildman–Crippen LogP) is 2.08. The molecule has 1 N–H and O–H groups in total. The van der Waals surface area contributed by atoms with Gasteiger partial charge in [0.05, 0.1) is 0 Å². The number of nitrogens with zero attached hydrogens (tertiary/aromatic N) is 1. The maximum atomic E-state index is 14.1. The minimum absolute atomic E-state index is 0.122. The third-order valence-electron chi connectivity index (χ3n) is 3.58. The molecule has 0 bridgehead atoms. The summed E-state index contributed by atoms with van der Waals surface area (Å²) in [6.07, 6.45) is 0.633. The Hall–Kier alpha value is -1.54. The molecule has 2 unspecified atom stereocenters. The zero-order valence-electron chi connectivity index (χ0n) is 11.5. The molecule has 1 fully saturated rings. The van der Waals surface area contributed by atoms with Crippen LogP contribution in [0.4, 0.5) is 8.78 Å². The van der Waals surface area contributed by atoms with Crippen molar-refractivity contribution < 1.29 is 27.1 Å². The van der Waals surface area contributed by atoms with Gasteiger partial charge in [-0.25, -0.2) is 22.0 Å². The summed E-state index contributed by atoms with van der Waals surface area (Å²) in [7, 11) is -4.20. The minimum Gasteiger partial charge on any atom is -0.477 e. The Morgan fingerprint density at radius 1 is 1.33 bits per heavy atom. The lowest BCUT2D eigenvalue weighted by Crippen LogP contribution is -2.34. The Morgan fingerprint density at radius 2 is 1.95 bits per heavy atom. The average molecular weight is 319 g/mol. The van der Waals surface area contributed by atoms with E-state index >= 15 is 0 Å². The van der Waals surface area contributed by atoms with E-state index in [1.807, 2.05) is 6.92 Å². The van der Waals surface area contributed by atoms with Crippen LogP contribution in [-0.4, -0.2) is 36.4 Å². The number of hydrogen-bond acceptors (Lipinski definition) is 3. The SMILES string of the molecule is CC1CC(C)N(S(=O)(=O)c2ccc(F)c(C(=O)O)c2F)C1. The smallest absolute Gasteiger partial charge is 0.341 e. The molecule has 0 amide bonds. The molecule has 0 aromatic heterocycles. The molecule has 116 valence electrons. The first kappa shape index (κ1) is 15.8. The first-order valence-corrected chi connectivity index (χ1v) is 7.83. The fourth-order valence-corrected chi connectivity index (χ4v) is 4.48. The average Bonchev–Trinajstić information content (AvgIpc) is 2.68. The molecule has 5 nitrogen and oxygen atoms in total. The third-order valence-corrected chi connectivity index (χ3v) is 5.58. The molecule has 2 atom stereocenters. The second-order valence-electron chi connectivity index (χ2n) is 5.30. The summed E-state index contributed by atoms with van der Waals surface area (Å²) >= 11 is 0. The van der Waals surface area contributed by atoms with Gasteiger partial charge in [0.25, 0.3) is 0 Å². The van der Waals surface area contributed by atoms with Gasteiger partial charge < -0.3 is 5.11 Å². The molecule has 1 aromatic rings. The molecule has 8 heteroatoms. The highest BCUT2D eigenvalue weighted by atomic mass is 32.2. The van der Waals surface area contributed by atoms with Gasteiger partial charge in [0.1, 0.15) is 16.3 Å². The third kappa shape index (κ3) is 2.65. The van der Waals surface area contributed by atoms with Crippen molar-refractivity contribution in [2.45, 2.75) is 31.2 Å². The molecule has 0 aliphatic carbocycles. The predicted molar refractivity (Wildman–Crippen MR) is 70.5 cm³/mol. The maximum Gasteiger partial charge on any atom is 0.341 e. The molecule has 21 heavy (non-hydrogen) atoms. The van der Waals surface area contributed by atoms with Crippen molar-refractivity contribution in [3.63, 3.8) is 0 Å². The fraction of sp³-hybridized carbons (Fsp3) is 0.462. The summed E-state index contributed by atoms with van der Waals surface area (Å²) in [6, 6.07) is 1.11. The Balaban J connectivity index is 2.56. The van der Waals surface area contributed by atoms with Crippen LogP contribution in [0.5, 0.6) is 0 Å². The standard InChI is InChI=1S/C13H15F2NO4S/c1-7-5-8(2)16(6-7)21(19,20)10-4-3-9(14)11(12(10)15)13(17)18/h3-4,7-8H,5-6H2,1-2H3,(H,17,18). The van der Waals surface area contributed by atoms with Crippen LogP contribution in [0.25, 0.3) is 0 Å². The number of hydrogen-bond donors (Lipinski definition) is 1. The van der Waals surface area contributed by atoms with Crippen LogP contribution in [0.1, 0.15) is 30.6 Å². The van der Waals surface area contributed by atoms with Crippen molar-refractivity contribution in [1.29, 1.82) is 0 Å². The first-order chi connectivity index (χ1) is 9.66. The van der Waals surface area contributed by atoms with Crippen LogP contribution < -0.4 is 0 Å². The largest absolute Gasteiger partial charge is 0.477 e. The van der Waals surface area contributed by atoms with Crippen molar-refractivity contribution in [3.05, 3.63) is 29.3 Å². The fourth-order valence-electron chi connectivity index (χ4n) is 2.65. The van der Waals surface area contributed by atoms with E-state index in [4.69, 9.17) is 5.11 Å². The maximum absolute atomic E-state index is 14.1. The Bertz CT molecular complexity index is 690. The second kappa shape index (κ2) is 5.34. The Kier molecular flexibility index (Phi) is 4.03. The van der Waals surface area contributed by atoms with Crippen LogP contribution in [0.15, 0.2) is 17.0 Å². The van der Waals surface area contributed by atoms with E-state index in [0.29, 0.717) is 12.5 Å². The molecule has 1 aliphatic heterocycles. The molecule has 2 rings (SSSR count). The molecule has 1 aromatic carbocycles. The van der Waals surface area contributed by atoms with Gasteiger partial charge in [-0.15, -0.1) is 0 Å². The number of halogens is 2. The van der Waals surface area contributed by atoms with Gasteiger partial charge in [-0.2, -0.15) is 4.31 Å². The summed E-state index contributed by atoms with van der Waals surface area (Å²) < 4.78 is 53.5. The van der Waals surface area contributed by atoms with Gasteiger partial charge in [-0.1, -0.05) is 6.92 Å². The van der Waals surface area contributed by atoms with Gasteiger partial charge in [-0.05, 0) is 31.4 Å². The molecule has 0 saturated carbocycles. The van der Waals surface area contributed by atoms with Crippen molar-refractivity contribution in [2.75, 3.05) is 6.54 Å². The highest BCUT2D eigenvalue weighted by Crippen LogP contribution is 2.31. The van der Waals surface area contributed by atoms with E-state index in [0.717, 1.165) is 10.4 Å². The van der Waals surface area contributed by atoms with E-state index in [1.54, 1.807) is 6.92 Å². The number of carbonyl (C=O) groups is 1. The molecular formula is C13H15F2NO4S. The summed E-state index contributed by atoms with van der Waals surface area (Å²) in [5.74, 6) is -4.59. The van der Waals surface area contributed by atoms with Gasteiger partial charge in [0.15, 0.2) is 5.82 Å². The minimum atomic E-state index is -4.20. The van der Waals surface area contributed by atoms with Crippen LogP contribution >= 0.6 is 0 Å². The molecular weight excluding hydrogens is 304 g/mol. The number of sulfonamides is 1. The zero-order chi connectivity index (χ0) is 15.9. The van der Waals surface area contributed by atoms with Gasteiger partial charge in [0, 0.05) is 12.6 Å². The summed E-state index contributed by atoms with van der Waals surface area (Å²) in [4.78, 5) is 10.1. The molecule has 1 heterocycles. The molecule has 0 radical (unpaired) electrons. The number of aromatic carboxylic acids is 1. The van der Waals surface area contributed by atoms with Crippen LogP contribution in [0.3, 0.4) is 0 Å². The topological polar surface area (TPSA) is 74.7 Å². The zero-order valence-corrected chi connectivity index (χ0v) is 12.3. The number of carboxylic acid groups (broad SMARTS) is 1. The summed E-state index contributed by atoms with van der Waals surface area (Å²) in [6.45, 7) is 3.79. The van der Waals surface area contributed by atoms with Crippen LogP contribution in [0.2, 0.25) is 0 Å². The van der Waals surface area contributed by atoms with E-state index in [1.165, 1.54) is 0 Å². The first-order valence-electron chi connectivity index (χ1n) is 6.39. The van der Waals surface area contributed by atoms with Gasteiger partial charge in [0.2, 0.25) is 10.0 Å². The van der Waals surface area contributed by atoms with Crippen molar-refractivity contribution in [2.24, 2.45) is 5.92 Å². The van der Waals surface area contributed by atoms with Crippen LogP contribution in [-0.2, 0) is 10.0 Å². The van der Waals surface area contributed by atoms with E-state index < -0.39 is 38.1 Å². The lowest BCUT2D eigenvalue weighted by molar-refractivity contribution is 0.0685. The quantitative estimate of drug-likeness (QED) is 0.925. The van der Waals surface area contributed by atoms with Crippen molar-refractivity contribution >= 4 is 16.0 Å². The van der Waals surface area contributed by atoms with E-state index in [-0.39, 0.29) is 18.5 Å². The van der Waals surface area contributed by atoms with Gasteiger partial charge in [-0.3, -0.25) is 0 Å². The highest BCUT2D eigenvalue weighted by molar-refractivity contribution is 7.89. The molecule has 1 aliphatic rings. The van der Waals surface area contributed by atoms with Crippen molar-refractivity contribution in [1.82, 2.24) is 4.31 Å². The van der Waals surface area contributed by atoms with Crippen LogP contribution in [0, 0.1) is 17.6 Å². The molecule has 0 spiro atoms. The van der Waals surface area contributed by atoms with E-state index in [2.05, 4.69) is 0 Å².